The Hall–Kier alpha value is -2.16. The third-order valence-corrected chi connectivity index (χ3v) is 2.52. The van der Waals surface area contributed by atoms with Gasteiger partial charge in [0.25, 0.3) is 0 Å². The largest absolute Gasteiger partial charge is 0.462 e. The Morgan fingerprint density at radius 3 is 2.50 bits per heavy atom. The van der Waals surface area contributed by atoms with Gasteiger partial charge in [0, 0.05) is 0 Å². The number of rotatable bonds is 3. The average Bonchev–Trinajstić information content (AvgIpc) is 2.39. The van der Waals surface area contributed by atoms with Crippen LogP contribution in [0.3, 0.4) is 0 Å². The lowest BCUT2D eigenvalue weighted by molar-refractivity contribution is 0.0526. The maximum absolute atomic E-state index is 13.5. The smallest absolute Gasteiger partial charge is 0.338 e. The van der Waals surface area contributed by atoms with Crippen LogP contribution in [0.25, 0.3) is 11.1 Å². The summed E-state index contributed by atoms with van der Waals surface area (Å²) in [5.74, 6) is -0.950. The van der Waals surface area contributed by atoms with E-state index in [-0.39, 0.29) is 12.2 Å². The van der Waals surface area contributed by atoms with Crippen molar-refractivity contribution in [2.24, 2.45) is 0 Å². The minimum absolute atomic E-state index is 0.232. The minimum Gasteiger partial charge on any atom is -0.462 e. The molecule has 2 aromatic carbocycles. The third-order valence-electron chi connectivity index (χ3n) is 2.52. The molecule has 2 rings (SSSR count). The molecule has 0 aliphatic heterocycles. The van der Waals surface area contributed by atoms with Crippen molar-refractivity contribution >= 4 is 5.97 Å². The molecule has 0 aromatic heterocycles. The minimum atomic E-state index is -0.505. The van der Waals surface area contributed by atoms with Gasteiger partial charge < -0.3 is 4.74 Å². The number of carbonyl (C=O) groups is 1. The van der Waals surface area contributed by atoms with Gasteiger partial charge in [0.1, 0.15) is 5.82 Å². The number of hydrogen-bond acceptors (Lipinski definition) is 2. The number of halogens is 1. The number of esters is 1. The van der Waals surface area contributed by atoms with E-state index in [1.807, 2.05) is 30.3 Å². The molecule has 0 amide bonds. The first-order chi connectivity index (χ1) is 8.70. The molecule has 0 saturated carbocycles. The van der Waals surface area contributed by atoms with Crippen LogP contribution < -0.4 is 0 Å². The highest BCUT2D eigenvalue weighted by atomic mass is 19.1. The van der Waals surface area contributed by atoms with E-state index in [1.165, 1.54) is 12.1 Å². The monoisotopic (exact) mass is 244 g/mol. The predicted molar refractivity (Wildman–Crippen MR) is 67.8 cm³/mol. The van der Waals surface area contributed by atoms with Gasteiger partial charge in [-0.05, 0) is 36.2 Å². The summed E-state index contributed by atoms with van der Waals surface area (Å²) in [4.78, 5) is 11.6. The summed E-state index contributed by atoms with van der Waals surface area (Å²) >= 11 is 0. The van der Waals surface area contributed by atoms with Gasteiger partial charge in [-0.3, -0.25) is 0 Å². The van der Waals surface area contributed by atoms with E-state index in [0.29, 0.717) is 5.56 Å². The first-order valence-electron chi connectivity index (χ1n) is 5.74. The van der Waals surface area contributed by atoms with Crippen molar-refractivity contribution in [3.05, 3.63) is 59.9 Å². The van der Waals surface area contributed by atoms with Crippen molar-refractivity contribution in [2.75, 3.05) is 6.61 Å². The zero-order valence-electron chi connectivity index (χ0n) is 10.0. The normalized spacial score (nSPS) is 10.1. The molecule has 2 nitrogen and oxygen atoms in total. The lowest BCUT2D eigenvalue weighted by Crippen LogP contribution is -2.05. The van der Waals surface area contributed by atoms with E-state index < -0.39 is 11.8 Å². The van der Waals surface area contributed by atoms with Crippen LogP contribution in [0, 0.1) is 5.82 Å². The fourth-order valence-corrected chi connectivity index (χ4v) is 1.72. The van der Waals surface area contributed by atoms with Crippen molar-refractivity contribution in [2.45, 2.75) is 6.92 Å². The second-order valence-corrected chi connectivity index (χ2v) is 3.82. The predicted octanol–water partition coefficient (Wildman–Crippen LogP) is 3.67. The molecule has 0 spiro atoms. The SMILES string of the molecule is CCOC(=O)c1cc(F)cc(-c2ccccc2)c1. The maximum Gasteiger partial charge on any atom is 0.338 e. The Kier molecular flexibility index (Phi) is 3.72. The molecule has 0 saturated heterocycles. The summed E-state index contributed by atoms with van der Waals surface area (Å²) in [7, 11) is 0. The molecule has 0 radical (unpaired) electrons. The molecule has 0 bridgehead atoms. The van der Waals surface area contributed by atoms with Crippen molar-refractivity contribution in [3.8, 4) is 11.1 Å². The van der Waals surface area contributed by atoms with Crippen LogP contribution in [-0.4, -0.2) is 12.6 Å². The molecular formula is C15H13FO2. The Morgan fingerprint density at radius 2 is 1.83 bits per heavy atom. The van der Waals surface area contributed by atoms with Crippen LogP contribution in [0.2, 0.25) is 0 Å². The van der Waals surface area contributed by atoms with E-state index in [0.717, 1.165) is 5.56 Å². The van der Waals surface area contributed by atoms with Crippen molar-refractivity contribution in [1.29, 1.82) is 0 Å². The highest BCUT2D eigenvalue weighted by Crippen LogP contribution is 2.22. The van der Waals surface area contributed by atoms with E-state index in [2.05, 4.69) is 0 Å². The summed E-state index contributed by atoms with van der Waals surface area (Å²) in [6, 6.07) is 13.6. The Balaban J connectivity index is 2.41. The number of hydrogen-bond donors (Lipinski definition) is 0. The zero-order valence-corrected chi connectivity index (χ0v) is 10.0. The van der Waals surface area contributed by atoms with E-state index in [9.17, 15) is 9.18 Å². The number of carbonyl (C=O) groups excluding carboxylic acids is 1. The van der Waals surface area contributed by atoms with Crippen LogP contribution in [0.15, 0.2) is 48.5 Å². The Morgan fingerprint density at radius 1 is 1.11 bits per heavy atom. The van der Waals surface area contributed by atoms with Gasteiger partial charge in [0.05, 0.1) is 12.2 Å². The molecule has 0 fully saturated rings. The zero-order chi connectivity index (χ0) is 13.0. The van der Waals surface area contributed by atoms with Gasteiger partial charge in [0.2, 0.25) is 0 Å². The van der Waals surface area contributed by atoms with Crippen molar-refractivity contribution in [1.82, 2.24) is 0 Å². The summed E-state index contributed by atoms with van der Waals surface area (Å²) in [5, 5.41) is 0. The van der Waals surface area contributed by atoms with E-state index in [1.54, 1.807) is 13.0 Å². The van der Waals surface area contributed by atoms with Gasteiger partial charge in [-0.25, -0.2) is 9.18 Å². The summed E-state index contributed by atoms with van der Waals surface area (Å²) in [6.07, 6.45) is 0. The van der Waals surface area contributed by atoms with Gasteiger partial charge in [-0.15, -0.1) is 0 Å². The molecule has 0 heterocycles. The summed E-state index contributed by atoms with van der Waals surface area (Å²) in [5.41, 5.74) is 1.76. The van der Waals surface area contributed by atoms with Gasteiger partial charge >= 0.3 is 5.97 Å². The lowest BCUT2D eigenvalue weighted by Gasteiger charge is -2.06. The average molecular weight is 244 g/mol. The second-order valence-electron chi connectivity index (χ2n) is 3.82. The standard InChI is InChI=1S/C15H13FO2/c1-2-18-15(17)13-8-12(9-14(16)10-13)11-6-4-3-5-7-11/h3-10H,2H2,1H3. The fourth-order valence-electron chi connectivity index (χ4n) is 1.72. The number of benzene rings is 2. The first-order valence-corrected chi connectivity index (χ1v) is 5.74. The van der Waals surface area contributed by atoms with E-state index >= 15 is 0 Å². The van der Waals surface area contributed by atoms with Crippen molar-refractivity contribution in [3.63, 3.8) is 0 Å². The molecule has 0 unspecified atom stereocenters. The van der Waals surface area contributed by atoms with Gasteiger partial charge in [-0.1, -0.05) is 30.3 Å². The highest BCUT2D eigenvalue weighted by Gasteiger charge is 2.10. The van der Waals surface area contributed by atoms with Crippen LogP contribution in [0.5, 0.6) is 0 Å². The van der Waals surface area contributed by atoms with Crippen LogP contribution in [0.4, 0.5) is 4.39 Å². The molecule has 3 heteroatoms. The molecule has 2 aromatic rings. The van der Waals surface area contributed by atoms with Crippen LogP contribution in [0.1, 0.15) is 17.3 Å². The third kappa shape index (κ3) is 2.74. The van der Waals surface area contributed by atoms with Crippen LogP contribution >= 0.6 is 0 Å². The molecule has 0 atom stereocenters. The second kappa shape index (κ2) is 5.45. The fraction of sp³-hybridized carbons (Fsp3) is 0.133. The first kappa shape index (κ1) is 12.3. The quantitative estimate of drug-likeness (QED) is 0.770. The molecule has 0 aliphatic carbocycles. The molecule has 0 N–H and O–H groups in total. The maximum atomic E-state index is 13.5. The number of ether oxygens (including phenoxy) is 1. The van der Waals surface area contributed by atoms with Gasteiger partial charge in [0.15, 0.2) is 0 Å². The molecular weight excluding hydrogens is 231 g/mol. The Bertz CT molecular complexity index is 550. The van der Waals surface area contributed by atoms with Crippen molar-refractivity contribution < 1.29 is 13.9 Å². The topological polar surface area (TPSA) is 26.3 Å². The van der Waals surface area contributed by atoms with Gasteiger partial charge in [-0.2, -0.15) is 0 Å². The Labute approximate surface area is 105 Å². The summed E-state index contributed by atoms with van der Waals surface area (Å²) in [6.45, 7) is 1.99. The lowest BCUT2D eigenvalue weighted by atomic mass is 10.0. The summed E-state index contributed by atoms with van der Waals surface area (Å²) < 4.78 is 18.4. The molecule has 18 heavy (non-hydrogen) atoms. The molecule has 92 valence electrons. The molecule has 0 aliphatic rings. The van der Waals surface area contributed by atoms with Crippen LogP contribution in [-0.2, 0) is 4.74 Å². The van der Waals surface area contributed by atoms with E-state index in [4.69, 9.17) is 4.74 Å². The highest BCUT2D eigenvalue weighted by molar-refractivity contribution is 5.91.